The summed E-state index contributed by atoms with van der Waals surface area (Å²) in [6.45, 7) is 0.0209. The minimum atomic E-state index is -0.336. The number of halogens is 1. The van der Waals surface area contributed by atoms with Crippen LogP contribution in [0.2, 0.25) is 5.02 Å². The van der Waals surface area contributed by atoms with Crippen LogP contribution in [0.1, 0.15) is 11.1 Å². The molecule has 184 valence electrons. The van der Waals surface area contributed by atoms with Crippen molar-refractivity contribution in [3.8, 4) is 5.75 Å². The molecule has 0 bridgehead atoms. The third-order valence-corrected chi connectivity index (χ3v) is 6.84. The average Bonchev–Trinajstić information content (AvgIpc) is 3.16. The van der Waals surface area contributed by atoms with E-state index in [1.807, 2.05) is 42.5 Å². The molecule has 37 heavy (non-hydrogen) atoms. The minimum Gasteiger partial charge on any atom is -0.484 e. The van der Waals surface area contributed by atoms with Gasteiger partial charge >= 0.3 is 0 Å². The molecule has 3 amide bonds. The number of thioether (sulfide) groups is 1. The summed E-state index contributed by atoms with van der Waals surface area (Å²) in [7, 11) is 0. The number of nitrogens with one attached hydrogen (secondary N) is 1. The van der Waals surface area contributed by atoms with E-state index in [1.54, 1.807) is 54.6 Å². The zero-order valence-corrected chi connectivity index (χ0v) is 21.1. The molecule has 1 aliphatic heterocycles. The minimum absolute atomic E-state index is 0.186. The molecule has 5 rings (SSSR count). The summed E-state index contributed by atoms with van der Waals surface area (Å²) in [5, 5.41) is 5.16. The lowest BCUT2D eigenvalue weighted by Gasteiger charge is -2.13. The molecule has 0 saturated carbocycles. The van der Waals surface area contributed by atoms with Gasteiger partial charge in [0.15, 0.2) is 6.61 Å². The van der Waals surface area contributed by atoms with Gasteiger partial charge in [0, 0.05) is 10.7 Å². The first-order valence-electron chi connectivity index (χ1n) is 11.5. The first kappa shape index (κ1) is 24.6. The number of carbonyl (C=O) groups is 3. The number of nitrogens with zero attached hydrogens (tertiary/aromatic N) is 1. The van der Waals surface area contributed by atoms with Crippen LogP contribution < -0.4 is 10.1 Å². The van der Waals surface area contributed by atoms with E-state index in [4.69, 9.17) is 16.3 Å². The Labute approximate surface area is 222 Å². The van der Waals surface area contributed by atoms with Gasteiger partial charge in [-0.05, 0) is 82.2 Å². The second-order valence-corrected chi connectivity index (χ2v) is 9.80. The van der Waals surface area contributed by atoms with Crippen molar-refractivity contribution < 1.29 is 19.1 Å². The van der Waals surface area contributed by atoms with Gasteiger partial charge in [-0.1, -0.05) is 60.1 Å². The van der Waals surface area contributed by atoms with Gasteiger partial charge in [-0.2, -0.15) is 0 Å². The Morgan fingerprint density at radius 3 is 2.51 bits per heavy atom. The van der Waals surface area contributed by atoms with Crippen LogP contribution in [-0.4, -0.2) is 28.6 Å². The zero-order valence-electron chi connectivity index (χ0n) is 19.5. The van der Waals surface area contributed by atoms with Gasteiger partial charge in [-0.3, -0.25) is 19.3 Å². The largest absolute Gasteiger partial charge is 0.484 e. The predicted molar refractivity (Wildman–Crippen MR) is 147 cm³/mol. The molecule has 1 heterocycles. The summed E-state index contributed by atoms with van der Waals surface area (Å²) in [4.78, 5) is 39.4. The number of rotatable bonds is 7. The van der Waals surface area contributed by atoms with Gasteiger partial charge in [0.1, 0.15) is 5.75 Å². The molecule has 0 radical (unpaired) electrons. The fourth-order valence-electron chi connectivity index (χ4n) is 3.88. The molecule has 8 heteroatoms. The van der Waals surface area contributed by atoms with Crippen LogP contribution in [0.25, 0.3) is 16.8 Å². The van der Waals surface area contributed by atoms with E-state index in [0.29, 0.717) is 26.9 Å². The molecule has 1 N–H and O–H groups in total. The number of amides is 3. The van der Waals surface area contributed by atoms with E-state index in [1.165, 1.54) is 4.90 Å². The Kier molecular flexibility index (Phi) is 7.25. The molecule has 0 aromatic heterocycles. The van der Waals surface area contributed by atoms with Gasteiger partial charge in [0.25, 0.3) is 17.1 Å². The van der Waals surface area contributed by atoms with E-state index >= 15 is 0 Å². The average molecular weight is 529 g/mol. The maximum absolute atomic E-state index is 13.0. The fraction of sp³-hybridized carbons (Fsp3) is 0.0690. The number of imide groups is 1. The molecular weight excluding hydrogens is 508 g/mol. The van der Waals surface area contributed by atoms with Gasteiger partial charge in [-0.25, -0.2) is 0 Å². The number of benzene rings is 4. The van der Waals surface area contributed by atoms with Crippen LogP contribution in [0.15, 0.2) is 95.9 Å². The van der Waals surface area contributed by atoms with Crippen molar-refractivity contribution in [2.45, 2.75) is 6.54 Å². The summed E-state index contributed by atoms with van der Waals surface area (Å²) in [6.07, 6.45) is 1.66. The predicted octanol–water partition coefficient (Wildman–Crippen LogP) is 6.75. The Balaban J connectivity index is 1.23. The van der Waals surface area contributed by atoms with Crippen molar-refractivity contribution in [3.63, 3.8) is 0 Å². The van der Waals surface area contributed by atoms with Crippen LogP contribution in [0.5, 0.6) is 5.75 Å². The molecule has 0 aliphatic carbocycles. The molecule has 1 fully saturated rings. The fourth-order valence-corrected chi connectivity index (χ4v) is 4.84. The second-order valence-electron chi connectivity index (χ2n) is 8.37. The Bertz CT molecular complexity index is 1530. The maximum atomic E-state index is 13.0. The lowest BCUT2D eigenvalue weighted by atomic mass is 10.1. The van der Waals surface area contributed by atoms with Crippen molar-refractivity contribution in [1.82, 2.24) is 4.90 Å². The highest BCUT2D eigenvalue weighted by molar-refractivity contribution is 8.18. The maximum Gasteiger partial charge on any atom is 0.293 e. The third kappa shape index (κ3) is 6.02. The topological polar surface area (TPSA) is 75.7 Å². The summed E-state index contributed by atoms with van der Waals surface area (Å²) in [5.41, 5.74) is 2.19. The Hall–Kier alpha value is -4.07. The second kappa shape index (κ2) is 10.9. The van der Waals surface area contributed by atoms with Crippen molar-refractivity contribution in [2.24, 2.45) is 0 Å². The standard InChI is InChI=1S/C29H21ClN2O4S/c30-23-10-12-24(13-11-23)31-27(33)18-36-25-7-3-4-19(15-25)16-26-28(34)32(29(35)37-26)17-20-8-9-21-5-1-2-6-22(21)14-20/h1-16H,17-18H2,(H,31,33)/b26-16-. The van der Waals surface area contributed by atoms with Crippen molar-refractivity contribution in [1.29, 1.82) is 0 Å². The van der Waals surface area contributed by atoms with Gasteiger partial charge in [-0.15, -0.1) is 0 Å². The number of carbonyl (C=O) groups excluding carboxylic acids is 3. The van der Waals surface area contributed by atoms with Crippen molar-refractivity contribution in [3.05, 3.63) is 112 Å². The zero-order chi connectivity index (χ0) is 25.8. The smallest absolute Gasteiger partial charge is 0.293 e. The monoisotopic (exact) mass is 528 g/mol. The van der Waals surface area contributed by atoms with Crippen LogP contribution >= 0.6 is 23.4 Å². The van der Waals surface area contributed by atoms with E-state index in [-0.39, 0.29) is 30.2 Å². The lowest BCUT2D eigenvalue weighted by Crippen LogP contribution is -2.27. The molecular formula is C29H21ClN2O4S. The third-order valence-electron chi connectivity index (χ3n) is 5.68. The summed E-state index contributed by atoms with van der Waals surface area (Å²) in [6, 6.07) is 27.6. The van der Waals surface area contributed by atoms with Gasteiger partial charge in [0.05, 0.1) is 11.4 Å². The summed E-state index contributed by atoms with van der Waals surface area (Å²) >= 11 is 6.77. The van der Waals surface area contributed by atoms with Crippen molar-refractivity contribution >= 4 is 63.0 Å². The van der Waals surface area contributed by atoms with Crippen LogP contribution in [0, 0.1) is 0 Å². The first-order valence-corrected chi connectivity index (χ1v) is 12.7. The molecule has 6 nitrogen and oxygen atoms in total. The van der Waals surface area contributed by atoms with E-state index in [2.05, 4.69) is 5.32 Å². The summed E-state index contributed by atoms with van der Waals surface area (Å²) < 4.78 is 5.62. The number of hydrogen-bond acceptors (Lipinski definition) is 5. The molecule has 1 saturated heterocycles. The SMILES string of the molecule is O=C(COc1cccc(/C=C2\SC(=O)N(Cc3ccc4ccccc4c3)C2=O)c1)Nc1ccc(Cl)cc1. The van der Waals surface area contributed by atoms with E-state index in [9.17, 15) is 14.4 Å². The highest BCUT2D eigenvalue weighted by Gasteiger charge is 2.35. The Morgan fingerprint density at radius 1 is 0.919 bits per heavy atom. The lowest BCUT2D eigenvalue weighted by molar-refractivity contribution is -0.123. The molecule has 0 unspecified atom stereocenters. The highest BCUT2D eigenvalue weighted by Crippen LogP contribution is 2.34. The van der Waals surface area contributed by atoms with Crippen LogP contribution in [-0.2, 0) is 16.1 Å². The van der Waals surface area contributed by atoms with E-state index in [0.717, 1.165) is 28.1 Å². The van der Waals surface area contributed by atoms with E-state index < -0.39 is 0 Å². The molecule has 0 atom stereocenters. The number of anilines is 1. The van der Waals surface area contributed by atoms with Gasteiger partial charge in [0.2, 0.25) is 0 Å². The quantitative estimate of drug-likeness (QED) is 0.269. The van der Waals surface area contributed by atoms with Crippen molar-refractivity contribution in [2.75, 3.05) is 11.9 Å². The molecule has 4 aromatic rings. The number of hydrogen-bond donors (Lipinski definition) is 1. The number of ether oxygens (including phenoxy) is 1. The number of fused-ring (bicyclic) bond motifs is 1. The molecule has 4 aromatic carbocycles. The molecule has 1 aliphatic rings. The van der Waals surface area contributed by atoms with Crippen LogP contribution in [0.4, 0.5) is 10.5 Å². The first-order chi connectivity index (χ1) is 17.9. The van der Waals surface area contributed by atoms with Gasteiger partial charge < -0.3 is 10.1 Å². The highest BCUT2D eigenvalue weighted by atomic mass is 35.5. The summed E-state index contributed by atoms with van der Waals surface area (Å²) in [5.74, 6) is -0.185. The Morgan fingerprint density at radius 2 is 1.70 bits per heavy atom. The van der Waals surface area contributed by atoms with Crippen LogP contribution in [0.3, 0.4) is 0 Å². The molecule has 0 spiro atoms. The normalized spacial score (nSPS) is 14.4.